The van der Waals surface area contributed by atoms with Gasteiger partial charge in [-0.25, -0.2) is 0 Å². The predicted molar refractivity (Wildman–Crippen MR) is 103 cm³/mol. The van der Waals surface area contributed by atoms with E-state index in [1.54, 1.807) is 0 Å². The van der Waals surface area contributed by atoms with Crippen molar-refractivity contribution < 1.29 is 37.4 Å². The maximum absolute atomic E-state index is 9.75. The molecule has 6 heteroatoms. The molecule has 0 aromatic heterocycles. The molecule has 0 spiro atoms. The van der Waals surface area contributed by atoms with E-state index in [9.17, 15) is 17.3 Å². The summed E-state index contributed by atoms with van der Waals surface area (Å²) in [6.07, 6.45) is 25.0. The number of benzene rings is 1. The van der Waals surface area contributed by atoms with Gasteiger partial charge in [-0.2, -0.15) is 0 Å². The van der Waals surface area contributed by atoms with Crippen LogP contribution in [0.4, 0.5) is 17.3 Å². The Balaban J connectivity index is 0.000000240. The van der Waals surface area contributed by atoms with E-state index in [4.69, 9.17) is 0 Å². The summed E-state index contributed by atoms with van der Waals surface area (Å²) < 4.78 is 39.0. The Bertz CT molecular complexity index is 473. The van der Waals surface area contributed by atoms with Gasteiger partial charge in [0.1, 0.15) is 0 Å². The molecule has 28 heavy (non-hydrogen) atoms. The third-order valence-corrected chi connectivity index (χ3v) is 4.33. The topological polar surface area (TPSA) is 0 Å². The normalized spacial score (nSPS) is 20.4. The average molecular weight is 567 g/mol. The van der Waals surface area contributed by atoms with Gasteiger partial charge in [0.15, 0.2) is 0 Å². The largest absolute Gasteiger partial charge is 0.673 e. The Hall–Kier alpha value is -0.346. The monoisotopic (exact) mass is 568 g/mol. The molecule has 2 saturated carbocycles. The van der Waals surface area contributed by atoms with Gasteiger partial charge in [-0.3, -0.25) is 0 Å². The summed E-state index contributed by atoms with van der Waals surface area (Å²) in [5, 5.41) is 0. The van der Waals surface area contributed by atoms with Crippen LogP contribution < -0.4 is 0 Å². The van der Waals surface area contributed by atoms with Crippen molar-refractivity contribution in [3.8, 4) is 0 Å². The van der Waals surface area contributed by atoms with Gasteiger partial charge in [0.25, 0.3) is 0 Å². The van der Waals surface area contributed by atoms with Gasteiger partial charge in [-0.05, 0) is 113 Å². The van der Waals surface area contributed by atoms with E-state index in [1.807, 2.05) is 0 Å². The van der Waals surface area contributed by atoms with Gasteiger partial charge in [0, 0.05) is 20.1 Å². The standard InChI is InChI=1S/C14H12.C8H12.BF4.Ir/c1-2-6-12-10-14-8-4-3-7-13(14)9-11(12)5-1;1-2-4-6-8-7-5-3-1;2-1(3,4)5;/h1-8H,9-10H2;1-2,7-8H,3-6H2;;/q;;-1;. The van der Waals surface area contributed by atoms with Crippen LogP contribution in [-0.4, -0.2) is 7.25 Å². The number of rotatable bonds is 0. The van der Waals surface area contributed by atoms with Crippen LogP contribution in [0.3, 0.4) is 0 Å². The van der Waals surface area contributed by atoms with Crippen LogP contribution in [0.5, 0.6) is 0 Å². The summed E-state index contributed by atoms with van der Waals surface area (Å²) in [7, 11) is -6.00. The third-order valence-electron chi connectivity index (χ3n) is 4.33. The molecule has 0 bridgehead atoms. The molecule has 153 valence electrons. The van der Waals surface area contributed by atoms with Crippen LogP contribution in [0.15, 0.2) is 24.3 Å². The average Bonchev–Trinajstić information content (AvgIpc) is 2.58. The zero-order valence-corrected chi connectivity index (χ0v) is 18.0. The second-order valence-corrected chi connectivity index (χ2v) is 6.48. The summed E-state index contributed by atoms with van der Waals surface area (Å²) in [4.78, 5) is 0. The Labute approximate surface area is 181 Å². The first-order valence-corrected chi connectivity index (χ1v) is 9.24. The Kier molecular flexibility index (Phi) is 12.7. The Morgan fingerprint density at radius 3 is 1.25 bits per heavy atom. The Morgan fingerprint density at radius 1 is 0.607 bits per heavy atom. The SMILES string of the molecule is F[B-](F)(F)F.[CH]1[CH]CC[CH][CH]CC1.[CH]1[CH][CH][C]2Cc3ccccc3C[C]2[CH]1.[Ir]. The smallest absolute Gasteiger partial charge is 0.418 e. The number of hydrogen-bond acceptors (Lipinski definition) is 0. The summed E-state index contributed by atoms with van der Waals surface area (Å²) in [5.74, 6) is 2.98. The zero-order valence-electron chi connectivity index (χ0n) is 15.6. The van der Waals surface area contributed by atoms with Crippen LogP contribution in [0.25, 0.3) is 0 Å². The molecule has 0 aliphatic heterocycles. The maximum Gasteiger partial charge on any atom is 0.673 e. The summed E-state index contributed by atoms with van der Waals surface area (Å²) in [6.45, 7) is 0. The molecule has 0 saturated heterocycles. The fraction of sp³-hybridized carbons (Fsp3) is 0.273. The molecule has 2 fully saturated rings. The van der Waals surface area contributed by atoms with E-state index >= 15 is 0 Å². The second-order valence-electron chi connectivity index (χ2n) is 6.48. The van der Waals surface area contributed by atoms with Gasteiger partial charge in [0.2, 0.25) is 0 Å². The van der Waals surface area contributed by atoms with Crippen LogP contribution in [0, 0.1) is 63.2 Å². The van der Waals surface area contributed by atoms with E-state index in [0.29, 0.717) is 0 Å². The van der Waals surface area contributed by atoms with Crippen molar-refractivity contribution in [2.45, 2.75) is 38.5 Å². The molecule has 3 aliphatic rings. The first-order chi connectivity index (χ1) is 12.9. The molecule has 1 aromatic rings. The van der Waals surface area contributed by atoms with Crippen LogP contribution in [0.1, 0.15) is 36.8 Å². The molecule has 0 amide bonds. The van der Waals surface area contributed by atoms with Crippen molar-refractivity contribution in [1.82, 2.24) is 0 Å². The number of fused-ring (bicyclic) bond motifs is 2. The van der Waals surface area contributed by atoms with Crippen molar-refractivity contribution in [3.05, 3.63) is 98.6 Å². The summed E-state index contributed by atoms with van der Waals surface area (Å²) in [5.41, 5.74) is 2.98. The van der Waals surface area contributed by atoms with Crippen LogP contribution >= 0.6 is 0 Å². The van der Waals surface area contributed by atoms with E-state index < -0.39 is 7.25 Å². The van der Waals surface area contributed by atoms with E-state index in [1.165, 1.54) is 48.6 Å². The van der Waals surface area contributed by atoms with Gasteiger partial charge in [0.05, 0.1) is 0 Å². The third kappa shape index (κ3) is 11.0. The van der Waals surface area contributed by atoms with Gasteiger partial charge in [-0.1, -0.05) is 24.3 Å². The molecule has 3 aliphatic carbocycles. The summed E-state index contributed by atoms with van der Waals surface area (Å²) in [6, 6.07) is 8.75. The van der Waals surface area contributed by atoms with Crippen molar-refractivity contribution in [2.75, 3.05) is 0 Å². The minimum atomic E-state index is -6.00. The molecule has 0 atom stereocenters. The predicted octanol–water partition coefficient (Wildman–Crippen LogP) is 6.44. The fourth-order valence-corrected chi connectivity index (χ4v) is 3.07. The quantitative estimate of drug-likeness (QED) is 0.250. The second kappa shape index (κ2) is 13.8. The van der Waals surface area contributed by atoms with Gasteiger partial charge < -0.3 is 17.3 Å². The maximum atomic E-state index is 9.75. The molecule has 0 nitrogen and oxygen atoms in total. The van der Waals surface area contributed by atoms with E-state index in [2.05, 4.69) is 75.6 Å². The number of hydrogen-bond donors (Lipinski definition) is 0. The van der Waals surface area contributed by atoms with E-state index in [0.717, 1.165) is 12.8 Å². The van der Waals surface area contributed by atoms with Crippen molar-refractivity contribution in [3.63, 3.8) is 0 Å². The molecule has 0 unspecified atom stereocenters. The van der Waals surface area contributed by atoms with Crippen molar-refractivity contribution in [1.29, 1.82) is 0 Å². The molecular formula is C22H24BF4Ir-. The molecule has 0 heterocycles. The number of halogens is 4. The zero-order chi connectivity index (χ0) is 19.5. The van der Waals surface area contributed by atoms with Crippen molar-refractivity contribution in [2.24, 2.45) is 0 Å². The molecule has 11 radical (unpaired) electrons. The van der Waals surface area contributed by atoms with Gasteiger partial charge in [-0.15, -0.1) is 0 Å². The first kappa shape index (κ1) is 25.7. The molecule has 4 rings (SSSR count). The van der Waals surface area contributed by atoms with Crippen LogP contribution in [-0.2, 0) is 32.9 Å². The summed E-state index contributed by atoms with van der Waals surface area (Å²) >= 11 is 0. The minimum Gasteiger partial charge on any atom is -0.418 e. The molecule has 1 aromatic carbocycles. The van der Waals surface area contributed by atoms with Gasteiger partial charge >= 0.3 is 7.25 Å². The Morgan fingerprint density at radius 2 is 0.929 bits per heavy atom. The fourth-order valence-electron chi connectivity index (χ4n) is 3.07. The molecular weight excluding hydrogens is 543 g/mol. The van der Waals surface area contributed by atoms with Crippen LogP contribution in [0.2, 0.25) is 0 Å². The molecule has 0 N–H and O–H groups in total. The first-order valence-electron chi connectivity index (χ1n) is 9.24. The van der Waals surface area contributed by atoms with Crippen molar-refractivity contribution >= 4 is 7.25 Å². The minimum absolute atomic E-state index is 0. The van der Waals surface area contributed by atoms with E-state index in [-0.39, 0.29) is 20.1 Å².